The molecule has 4 aromatic carbocycles. The van der Waals surface area contributed by atoms with Crippen molar-refractivity contribution >= 4 is 16.6 Å². The first-order chi connectivity index (χ1) is 19.2. The van der Waals surface area contributed by atoms with Gasteiger partial charge in [0.1, 0.15) is 18.1 Å². The largest absolute Gasteiger partial charge is 0.494 e. The van der Waals surface area contributed by atoms with E-state index in [1.165, 1.54) is 12.8 Å². The van der Waals surface area contributed by atoms with Crippen molar-refractivity contribution in [1.82, 2.24) is 4.90 Å². The second-order valence-corrected chi connectivity index (χ2v) is 9.95. The van der Waals surface area contributed by atoms with Crippen LogP contribution in [0.4, 0.5) is 0 Å². The number of rotatable bonds is 12. The highest BCUT2D eigenvalue weighted by atomic mass is 16.5. The Morgan fingerprint density at radius 2 is 1.49 bits per heavy atom. The van der Waals surface area contributed by atoms with E-state index in [9.17, 15) is 4.79 Å². The summed E-state index contributed by atoms with van der Waals surface area (Å²) < 4.78 is 17.3. The zero-order chi connectivity index (χ0) is 26.9. The number of morpholine rings is 1. The Balaban J connectivity index is 1.35. The fourth-order valence-electron chi connectivity index (χ4n) is 4.99. The van der Waals surface area contributed by atoms with Gasteiger partial charge in [-0.3, -0.25) is 9.69 Å². The topological polar surface area (TPSA) is 48.0 Å². The average molecular weight is 524 g/mol. The Labute approximate surface area is 231 Å². The average Bonchev–Trinajstić information content (AvgIpc) is 3.00. The summed E-state index contributed by atoms with van der Waals surface area (Å²) >= 11 is 0. The summed E-state index contributed by atoms with van der Waals surface area (Å²) in [5, 5.41) is 1.99. The Hall–Kier alpha value is -3.67. The first kappa shape index (κ1) is 26.9. The molecule has 0 aromatic heterocycles. The van der Waals surface area contributed by atoms with Gasteiger partial charge in [-0.05, 0) is 64.7 Å². The number of carbonyl (C=O) groups is 1. The normalized spacial score (nSPS) is 13.9. The molecule has 0 spiro atoms. The minimum absolute atomic E-state index is 0.00144. The second kappa shape index (κ2) is 13.4. The van der Waals surface area contributed by atoms with Crippen LogP contribution in [0.25, 0.3) is 21.9 Å². The number of hydrogen-bond donors (Lipinski definition) is 0. The molecule has 202 valence electrons. The first-order valence-electron chi connectivity index (χ1n) is 14.1. The fraction of sp³-hybridized carbons (Fsp3) is 0.324. The van der Waals surface area contributed by atoms with E-state index in [1.807, 2.05) is 66.7 Å². The lowest BCUT2D eigenvalue weighted by Gasteiger charge is -2.26. The summed E-state index contributed by atoms with van der Waals surface area (Å²) in [6.07, 6.45) is 3.40. The molecular formula is C34H37NO4. The Morgan fingerprint density at radius 3 is 2.23 bits per heavy atom. The molecule has 1 aliphatic rings. The van der Waals surface area contributed by atoms with Crippen LogP contribution in [0.5, 0.6) is 11.5 Å². The van der Waals surface area contributed by atoms with Crippen LogP contribution in [0, 0.1) is 0 Å². The molecule has 1 saturated heterocycles. The summed E-state index contributed by atoms with van der Waals surface area (Å²) in [5.74, 6) is 1.63. The molecule has 1 fully saturated rings. The molecule has 1 heterocycles. The number of benzene rings is 4. The number of unbranched alkanes of at least 4 members (excludes halogenated alkanes) is 2. The van der Waals surface area contributed by atoms with Gasteiger partial charge in [0.15, 0.2) is 5.78 Å². The van der Waals surface area contributed by atoms with Crippen molar-refractivity contribution in [1.29, 1.82) is 0 Å². The van der Waals surface area contributed by atoms with Gasteiger partial charge in [0, 0.05) is 30.8 Å². The molecule has 0 saturated carbocycles. The number of ether oxygens (including phenoxy) is 3. The lowest BCUT2D eigenvalue weighted by molar-refractivity contribution is 0.0322. The van der Waals surface area contributed by atoms with Crippen LogP contribution in [0.15, 0.2) is 84.9 Å². The van der Waals surface area contributed by atoms with E-state index in [-0.39, 0.29) is 5.78 Å². The van der Waals surface area contributed by atoms with Gasteiger partial charge in [0.05, 0.1) is 19.8 Å². The van der Waals surface area contributed by atoms with Crippen molar-refractivity contribution in [2.75, 3.05) is 46.1 Å². The summed E-state index contributed by atoms with van der Waals surface area (Å²) in [6.45, 7) is 7.84. The highest BCUT2D eigenvalue weighted by Crippen LogP contribution is 2.33. The van der Waals surface area contributed by atoms with Crippen LogP contribution in [0.3, 0.4) is 0 Å². The zero-order valence-corrected chi connectivity index (χ0v) is 22.7. The third-order valence-electron chi connectivity index (χ3n) is 7.23. The highest BCUT2D eigenvalue weighted by Gasteiger charge is 2.19. The summed E-state index contributed by atoms with van der Waals surface area (Å²) in [5.41, 5.74) is 3.27. The van der Waals surface area contributed by atoms with Crippen LogP contribution in [-0.4, -0.2) is 56.7 Å². The summed E-state index contributed by atoms with van der Waals surface area (Å²) in [7, 11) is 0. The van der Waals surface area contributed by atoms with E-state index < -0.39 is 0 Å². The van der Waals surface area contributed by atoms with Gasteiger partial charge in [-0.2, -0.15) is 0 Å². The first-order valence-corrected chi connectivity index (χ1v) is 14.1. The molecule has 1 aliphatic heterocycles. The number of nitrogens with zero attached hydrogens (tertiary/aromatic N) is 1. The lowest BCUT2D eigenvalue weighted by atomic mass is 9.89. The van der Waals surface area contributed by atoms with Gasteiger partial charge < -0.3 is 14.2 Å². The van der Waals surface area contributed by atoms with E-state index in [2.05, 4.69) is 30.0 Å². The smallest absolute Gasteiger partial charge is 0.194 e. The predicted molar refractivity (Wildman–Crippen MR) is 157 cm³/mol. The van der Waals surface area contributed by atoms with Crippen molar-refractivity contribution in [3.05, 3.63) is 96.1 Å². The molecule has 0 aliphatic carbocycles. The highest BCUT2D eigenvalue weighted by molar-refractivity contribution is 6.20. The van der Waals surface area contributed by atoms with Gasteiger partial charge in [-0.1, -0.05) is 68.3 Å². The van der Waals surface area contributed by atoms with E-state index in [4.69, 9.17) is 14.2 Å². The Bertz CT molecular complexity index is 1360. The quantitative estimate of drug-likeness (QED) is 0.148. The maximum absolute atomic E-state index is 14.0. The van der Waals surface area contributed by atoms with Gasteiger partial charge >= 0.3 is 0 Å². The molecular weight excluding hydrogens is 486 g/mol. The fourth-order valence-corrected chi connectivity index (χ4v) is 4.99. The standard InChI is InChI=1S/C34H37NO4/c1-2-3-6-22-38-29-14-9-27(10-15-29)32-18-13-26-7-4-5-8-31(26)33(32)34(36)28-11-16-30(17-12-28)39-25-21-35-19-23-37-24-20-35/h4-5,7-18H,2-3,6,19-25H2,1H3. The SMILES string of the molecule is CCCCCOc1ccc(-c2ccc3ccccc3c2C(=O)c2ccc(OCCN3CCOCC3)cc2)cc1. The Morgan fingerprint density at radius 1 is 0.795 bits per heavy atom. The predicted octanol–water partition coefficient (Wildman–Crippen LogP) is 7.02. The minimum Gasteiger partial charge on any atom is -0.494 e. The van der Waals surface area contributed by atoms with Crippen LogP contribution in [-0.2, 0) is 4.74 Å². The van der Waals surface area contributed by atoms with E-state index >= 15 is 0 Å². The van der Waals surface area contributed by atoms with Gasteiger partial charge in [0.2, 0.25) is 0 Å². The molecule has 5 nitrogen and oxygen atoms in total. The molecule has 0 amide bonds. The van der Waals surface area contributed by atoms with Gasteiger partial charge in [0.25, 0.3) is 0 Å². The van der Waals surface area contributed by atoms with Gasteiger partial charge in [-0.15, -0.1) is 0 Å². The molecule has 0 atom stereocenters. The summed E-state index contributed by atoms with van der Waals surface area (Å²) in [6, 6.07) is 27.8. The minimum atomic E-state index is 0.00144. The molecule has 5 heteroatoms. The third-order valence-corrected chi connectivity index (χ3v) is 7.23. The van der Waals surface area contributed by atoms with Crippen molar-refractivity contribution in [3.63, 3.8) is 0 Å². The summed E-state index contributed by atoms with van der Waals surface area (Å²) in [4.78, 5) is 16.3. The molecule has 4 aromatic rings. The second-order valence-electron chi connectivity index (χ2n) is 9.95. The zero-order valence-electron chi connectivity index (χ0n) is 22.7. The van der Waals surface area contributed by atoms with Crippen LogP contribution >= 0.6 is 0 Å². The molecule has 0 bridgehead atoms. The molecule has 39 heavy (non-hydrogen) atoms. The van der Waals surface area contributed by atoms with Crippen LogP contribution < -0.4 is 9.47 Å². The molecule has 0 radical (unpaired) electrons. The number of carbonyl (C=O) groups excluding carboxylic acids is 1. The maximum atomic E-state index is 14.0. The van der Waals surface area contributed by atoms with Crippen molar-refractivity contribution < 1.29 is 19.0 Å². The van der Waals surface area contributed by atoms with Crippen LogP contribution in [0.2, 0.25) is 0 Å². The van der Waals surface area contributed by atoms with Crippen molar-refractivity contribution in [2.45, 2.75) is 26.2 Å². The molecule has 0 unspecified atom stereocenters. The van der Waals surface area contributed by atoms with Gasteiger partial charge in [-0.25, -0.2) is 0 Å². The number of fused-ring (bicyclic) bond motifs is 1. The monoisotopic (exact) mass is 523 g/mol. The van der Waals surface area contributed by atoms with Crippen molar-refractivity contribution in [3.8, 4) is 22.6 Å². The third kappa shape index (κ3) is 6.86. The molecule has 5 rings (SSSR count). The Kier molecular flexibility index (Phi) is 9.26. The van der Waals surface area contributed by atoms with E-state index in [1.54, 1.807) is 0 Å². The maximum Gasteiger partial charge on any atom is 0.194 e. The van der Waals surface area contributed by atoms with E-state index in [0.717, 1.165) is 79.3 Å². The van der Waals surface area contributed by atoms with Crippen LogP contribution in [0.1, 0.15) is 42.1 Å². The van der Waals surface area contributed by atoms with Crippen molar-refractivity contribution in [2.24, 2.45) is 0 Å². The lowest BCUT2D eigenvalue weighted by Crippen LogP contribution is -2.38. The number of ketones is 1. The molecule has 0 N–H and O–H groups in total. The van der Waals surface area contributed by atoms with E-state index in [0.29, 0.717) is 17.7 Å². The number of hydrogen-bond acceptors (Lipinski definition) is 5.